The maximum atomic E-state index is 12.3. The normalized spacial score (nSPS) is 10.3. The molecule has 2 amide bonds. The number of anilines is 1. The highest BCUT2D eigenvalue weighted by molar-refractivity contribution is 6.03. The fourth-order valence-corrected chi connectivity index (χ4v) is 2.57. The lowest BCUT2D eigenvalue weighted by Gasteiger charge is -2.11. The molecule has 6 nitrogen and oxygen atoms in total. The van der Waals surface area contributed by atoms with E-state index >= 15 is 0 Å². The molecular weight excluding hydrogens is 344 g/mol. The van der Waals surface area contributed by atoms with E-state index in [1.54, 1.807) is 38.5 Å². The first-order valence-corrected chi connectivity index (χ1v) is 8.93. The van der Waals surface area contributed by atoms with E-state index in [9.17, 15) is 9.59 Å². The third-order valence-corrected chi connectivity index (χ3v) is 4.06. The van der Waals surface area contributed by atoms with Crippen molar-refractivity contribution in [2.24, 2.45) is 0 Å². The Balaban J connectivity index is 1.89. The molecule has 0 unspecified atom stereocenters. The SMILES string of the molecule is COCCCNC(=O)c1ccccc1NC(=O)CCc1ccc(OC)cc1. The second kappa shape index (κ2) is 11.0. The Hall–Kier alpha value is -2.86. The number of amides is 2. The lowest BCUT2D eigenvalue weighted by molar-refractivity contribution is -0.116. The van der Waals surface area contributed by atoms with Crippen molar-refractivity contribution in [3.05, 3.63) is 59.7 Å². The van der Waals surface area contributed by atoms with Crippen LogP contribution in [-0.4, -0.2) is 39.2 Å². The van der Waals surface area contributed by atoms with Crippen LogP contribution in [0.25, 0.3) is 0 Å². The van der Waals surface area contributed by atoms with Gasteiger partial charge < -0.3 is 20.1 Å². The minimum absolute atomic E-state index is 0.134. The van der Waals surface area contributed by atoms with Crippen molar-refractivity contribution in [2.45, 2.75) is 19.3 Å². The lowest BCUT2D eigenvalue weighted by atomic mass is 10.1. The number of hydrogen-bond donors (Lipinski definition) is 2. The third-order valence-electron chi connectivity index (χ3n) is 4.06. The van der Waals surface area contributed by atoms with Crippen molar-refractivity contribution >= 4 is 17.5 Å². The second-order valence-corrected chi connectivity index (χ2v) is 6.04. The average molecular weight is 370 g/mol. The second-order valence-electron chi connectivity index (χ2n) is 6.04. The van der Waals surface area contributed by atoms with Crippen LogP contribution in [0.5, 0.6) is 5.75 Å². The van der Waals surface area contributed by atoms with Gasteiger partial charge in [-0.2, -0.15) is 0 Å². The zero-order valence-corrected chi connectivity index (χ0v) is 15.8. The maximum Gasteiger partial charge on any atom is 0.253 e. The smallest absolute Gasteiger partial charge is 0.253 e. The summed E-state index contributed by atoms with van der Waals surface area (Å²) in [5, 5.41) is 5.67. The van der Waals surface area contributed by atoms with Crippen LogP contribution in [0.15, 0.2) is 48.5 Å². The zero-order valence-electron chi connectivity index (χ0n) is 15.8. The first kappa shape index (κ1) is 20.5. The molecular formula is C21H26N2O4. The Morgan fingerprint density at radius 1 is 1.00 bits per heavy atom. The van der Waals surface area contributed by atoms with Gasteiger partial charge in [0.1, 0.15) is 5.75 Å². The predicted octanol–water partition coefficient (Wildman–Crippen LogP) is 3.03. The fraction of sp³-hybridized carbons (Fsp3) is 0.333. The number of aryl methyl sites for hydroxylation is 1. The van der Waals surface area contributed by atoms with Gasteiger partial charge in [0.15, 0.2) is 0 Å². The molecule has 0 atom stereocenters. The molecule has 2 aromatic rings. The third kappa shape index (κ3) is 6.75. The molecule has 0 radical (unpaired) electrons. The maximum absolute atomic E-state index is 12.3. The monoisotopic (exact) mass is 370 g/mol. The van der Waals surface area contributed by atoms with Crippen LogP contribution >= 0.6 is 0 Å². The minimum atomic E-state index is -0.211. The molecule has 0 aliphatic rings. The Labute approximate surface area is 159 Å². The van der Waals surface area contributed by atoms with Gasteiger partial charge in [-0.15, -0.1) is 0 Å². The van der Waals surface area contributed by atoms with Gasteiger partial charge in [-0.3, -0.25) is 9.59 Å². The molecule has 0 aliphatic heterocycles. The van der Waals surface area contributed by atoms with Crippen molar-refractivity contribution in [1.29, 1.82) is 0 Å². The van der Waals surface area contributed by atoms with E-state index in [2.05, 4.69) is 10.6 Å². The zero-order chi connectivity index (χ0) is 19.5. The molecule has 0 heterocycles. The standard InChI is InChI=1S/C21H26N2O4/c1-26-15-5-14-22-21(25)18-6-3-4-7-19(18)23-20(24)13-10-16-8-11-17(27-2)12-9-16/h3-4,6-9,11-12H,5,10,13-15H2,1-2H3,(H,22,25)(H,23,24). The molecule has 0 spiro atoms. The molecule has 0 aromatic heterocycles. The van der Waals surface area contributed by atoms with E-state index < -0.39 is 0 Å². The molecule has 144 valence electrons. The van der Waals surface area contributed by atoms with Crippen LogP contribution in [0.3, 0.4) is 0 Å². The Bertz CT molecular complexity index is 744. The molecule has 2 aromatic carbocycles. The molecule has 0 saturated carbocycles. The molecule has 2 rings (SSSR count). The summed E-state index contributed by atoms with van der Waals surface area (Å²) in [7, 11) is 3.24. The largest absolute Gasteiger partial charge is 0.497 e. The molecule has 2 N–H and O–H groups in total. The predicted molar refractivity (Wildman–Crippen MR) is 105 cm³/mol. The first-order valence-electron chi connectivity index (χ1n) is 8.93. The number of methoxy groups -OCH3 is 2. The van der Waals surface area contributed by atoms with Crippen molar-refractivity contribution in [3.8, 4) is 5.75 Å². The highest BCUT2D eigenvalue weighted by atomic mass is 16.5. The number of ether oxygens (including phenoxy) is 2. The van der Waals surface area contributed by atoms with E-state index in [0.717, 1.165) is 17.7 Å². The molecule has 0 fully saturated rings. The van der Waals surface area contributed by atoms with Gasteiger partial charge in [-0.05, 0) is 42.7 Å². The van der Waals surface area contributed by atoms with E-state index in [-0.39, 0.29) is 11.8 Å². The van der Waals surface area contributed by atoms with Crippen LogP contribution in [0, 0.1) is 0 Å². The van der Waals surface area contributed by atoms with Gasteiger partial charge in [0.2, 0.25) is 5.91 Å². The topological polar surface area (TPSA) is 76.7 Å². The Morgan fingerprint density at radius 3 is 2.44 bits per heavy atom. The molecule has 6 heteroatoms. The van der Waals surface area contributed by atoms with Gasteiger partial charge in [0, 0.05) is 26.7 Å². The quantitative estimate of drug-likeness (QED) is 0.630. The van der Waals surface area contributed by atoms with Gasteiger partial charge in [-0.1, -0.05) is 24.3 Å². The number of carbonyl (C=O) groups excluding carboxylic acids is 2. The van der Waals surface area contributed by atoms with Crippen molar-refractivity contribution in [1.82, 2.24) is 5.32 Å². The highest BCUT2D eigenvalue weighted by Crippen LogP contribution is 2.16. The summed E-state index contributed by atoms with van der Waals surface area (Å²) in [4.78, 5) is 24.6. The summed E-state index contributed by atoms with van der Waals surface area (Å²) in [6.45, 7) is 1.11. The number of nitrogens with one attached hydrogen (secondary N) is 2. The van der Waals surface area contributed by atoms with Gasteiger partial charge in [0.25, 0.3) is 5.91 Å². The minimum Gasteiger partial charge on any atom is -0.497 e. The molecule has 0 bridgehead atoms. The summed E-state index contributed by atoms with van der Waals surface area (Å²) in [6.07, 6.45) is 1.68. The Morgan fingerprint density at radius 2 is 1.74 bits per heavy atom. The van der Waals surface area contributed by atoms with E-state index in [4.69, 9.17) is 9.47 Å². The van der Waals surface area contributed by atoms with Gasteiger partial charge in [0.05, 0.1) is 18.4 Å². The molecule has 0 saturated heterocycles. The molecule has 27 heavy (non-hydrogen) atoms. The van der Waals surface area contributed by atoms with E-state index in [0.29, 0.717) is 37.2 Å². The summed E-state index contributed by atoms with van der Waals surface area (Å²) in [6, 6.07) is 14.6. The van der Waals surface area contributed by atoms with Crippen LogP contribution in [0.4, 0.5) is 5.69 Å². The van der Waals surface area contributed by atoms with Crippen molar-refractivity contribution < 1.29 is 19.1 Å². The first-order chi connectivity index (χ1) is 13.1. The van der Waals surface area contributed by atoms with Crippen LogP contribution in [0.1, 0.15) is 28.8 Å². The van der Waals surface area contributed by atoms with E-state index in [1.165, 1.54) is 0 Å². The van der Waals surface area contributed by atoms with Crippen molar-refractivity contribution in [2.75, 3.05) is 32.7 Å². The number of hydrogen-bond acceptors (Lipinski definition) is 4. The summed E-state index contributed by atoms with van der Waals surface area (Å²) >= 11 is 0. The van der Waals surface area contributed by atoms with E-state index in [1.807, 2.05) is 24.3 Å². The number of rotatable bonds is 10. The van der Waals surface area contributed by atoms with Crippen LogP contribution < -0.4 is 15.4 Å². The summed E-state index contributed by atoms with van der Waals surface area (Å²) in [5.41, 5.74) is 2.02. The Kier molecular flexibility index (Phi) is 8.32. The fourth-order valence-electron chi connectivity index (χ4n) is 2.57. The summed E-state index contributed by atoms with van der Waals surface area (Å²) in [5.74, 6) is 0.441. The number of benzene rings is 2. The van der Waals surface area contributed by atoms with Crippen LogP contribution in [-0.2, 0) is 16.0 Å². The number of carbonyl (C=O) groups is 2. The van der Waals surface area contributed by atoms with Gasteiger partial charge >= 0.3 is 0 Å². The number of para-hydroxylation sites is 1. The average Bonchev–Trinajstić information content (AvgIpc) is 2.70. The van der Waals surface area contributed by atoms with Gasteiger partial charge in [-0.25, -0.2) is 0 Å². The summed E-state index contributed by atoms with van der Waals surface area (Å²) < 4.78 is 10.1. The van der Waals surface area contributed by atoms with Crippen molar-refractivity contribution in [3.63, 3.8) is 0 Å². The lowest BCUT2D eigenvalue weighted by Crippen LogP contribution is -2.26. The van der Waals surface area contributed by atoms with Crippen LogP contribution in [0.2, 0.25) is 0 Å². The molecule has 0 aliphatic carbocycles. The highest BCUT2D eigenvalue weighted by Gasteiger charge is 2.12.